The third-order valence-corrected chi connectivity index (χ3v) is 3.01. The number of hydrogen-bond acceptors (Lipinski definition) is 2. The first-order valence-electron chi connectivity index (χ1n) is 6.06. The van der Waals surface area contributed by atoms with Crippen LogP contribution in [0.1, 0.15) is 16.1 Å². The molecule has 0 aliphatic heterocycles. The average Bonchev–Trinajstić information content (AvgIpc) is 3.03. The number of rotatable bonds is 3. The summed E-state index contributed by atoms with van der Waals surface area (Å²) in [7, 11) is 1.85. The Morgan fingerprint density at radius 2 is 2.26 bits per heavy atom. The van der Waals surface area contributed by atoms with Gasteiger partial charge in [0.1, 0.15) is 0 Å². The average molecular weight is 254 g/mol. The number of nitrogens with zero attached hydrogens (tertiary/aromatic N) is 2. The van der Waals surface area contributed by atoms with E-state index in [1.54, 1.807) is 4.68 Å². The standard InChI is InChI=1S/C14H14N4O/c1-18-7-5-12(17-18)9-16-14(19)11-2-3-13-10(8-11)4-6-15-13/h2-8,15H,9H2,1H3,(H,16,19). The number of amides is 1. The number of aromatic nitrogens is 3. The molecule has 0 aliphatic rings. The smallest absolute Gasteiger partial charge is 0.251 e. The van der Waals surface area contributed by atoms with Crippen molar-refractivity contribution in [3.8, 4) is 0 Å². The molecule has 5 nitrogen and oxygen atoms in total. The van der Waals surface area contributed by atoms with Crippen molar-refractivity contribution < 1.29 is 4.79 Å². The van der Waals surface area contributed by atoms with Crippen molar-refractivity contribution in [1.82, 2.24) is 20.1 Å². The number of H-pyrrole nitrogens is 1. The van der Waals surface area contributed by atoms with Crippen molar-refractivity contribution in [3.63, 3.8) is 0 Å². The van der Waals surface area contributed by atoms with Gasteiger partial charge < -0.3 is 10.3 Å². The Hall–Kier alpha value is -2.56. The van der Waals surface area contributed by atoms with Crippen molar-refractivity contribution >= 4 is 16.8 Å². The van der Waals surface area contributed by atoms with Gasteiger partial charge in [0.15, 0.2) is 0 Å². The van der Waals surface area contributed by atoms with Gasteiger partial charge in [-0.15, -0.1) is 0 Å². The van der Waals surface area contributed by atoms with Crippen LogP contribution >= 0.6 is 0 Å². The summed E-state index contributed by atoms with van der Waals surface area (Å²) in [5.41, 5.74) is 2.53. The zero-order valence-electron chi connectivity index (χ0n) is 10.6. The Labute approximate surface area is 110 Å². The Bertz CT molecular complexity index is 726. The molecule has 0 saturated carbocycles. The predicted octanol–water partition coefficient (Wildman–Crippen LogP) is 1.83. The molecule has 0 aliphatic carbocycles. The highest BCUT2D eigenvalue weighted by Crippen LogP contribution is 2.14. The fraction of sp³-hybridized carbons (Fsp3) is 0.143. The van der Waals surface area contributed by atoms with E-state index in [1.165, 1.54) is 0 Å². The molecule has 0 unspecified atom stereocenters. The SMILES string of the molecule is Cn1ccc(CNC(=O)c2ccc3[nH]ccc3c2)n1. The van der Waals surface area contributed by atoms with Crippen LogP contribution in [0.3, 0.4) is 0 Å². The lowest BCUT2D eigenvalue weighted by molar-refractivity contribution is 0.0950. The molecule has 0 atom stereocenters. The largest absolute Gasteiger partial charge is 0.361 e. The molecular weight excluding hydrogens is 240 g/mol. The van der Waals surface area contributed by atoms with Gasteiger partial charge in [0, 0.05) is 35.9 Å². The number of carbonyl (C=O) groups excluding carboxylic acids is 1. The number of hydrogen-bond donors (Lipinski definition) is 2. The lowest BCUT2D eigenvalue weighted by Crippen LogP contribution is -2.23. The number of benzene rings is 1. The lowest BCUT2D eigenvalue weighted by Gasteiger charge is -2.03. The maximum Gasteiger partial charge on any atom is 0.251 e. The van der Waals surface area contributed by atoms with E-state index in [-0.39, 0.29) is 5.91 Å². The van der Waals surface area contributed by atoms with Crippen LogP contribution in [0.25, 0.3) is 10.9 Å². The van der Waals surface area contributed by atoms with Gasteiger partial charge in [-0.05, 0) is 30.3 Å². The van der Waals surface area contributed by atoms with E-state index < -0.39 is 0 Å². The molecule has 0 spiro atoms. The van der Waals surface area contributed by atoms with Crippen LogP contribution in [0.4, 0.5) is 0 Å². The summed E-state index contributed by atoms with van der Waals surface area (Å²) >= 11 is 0. The molecule has 19 heavy (non-hydrogen) atoms. The summed E-state index contributed by atoms with van der Waals surface area (Å²) < 4.78 is 1.72. The molecule has 0 saturated heterocycles. The van der Waals surface area contributed by atoms with E-state index in [0.717, 1.165) is 16.6 Å². The van der Waals surface area contributed by atoms with Crippen molar-refractivity contribution in [2.75, 3.05) is 0 Å². The van der Waals surface area contributed by atoms with Gasteiger partial charge in [0.05, 0.1) is 12.2 Å². The van der Waals surface area contributed by atoms with E-state index in [2.05, 4.69) is 15.4 Å². The fourth-order valence-electron chi connectivity index (χ4n) is 2.02. The van der Waals surface area contributed by atoms with Gasteiger partial charge in [0.2, 0.25) is 0 Å². The highest BCUT2D eigenvalue weighted by molar-refractivity contribution is 5.97. The molecule has 3 aromatic rings. The van der Waals surface area contributed by atoms with Crippen LogP contribution in [0.2, 0.25) is 0 Å². The number of aromatic amines is 1. The minimum Gasteiger partial charge on any atom is -0.361 e. The summed E-state index contributed by atoms with van der Waals surface area (Å²) in [4.78, 5) is 15.1. The third kappa shape index (κ3) is 2.35. The molecule has 0 radical (unpaired) electrons. The maximum atomic E-state index is 12.0. The van der Waals surface area contributed by atoms with Gasteiger partial charge in [-0.2, -0.15) is 5.10 Å². The van der Waals surface area contributed by atoms with E-state index in [0.29, 0.717) is 12.1 Å². The molecular formula is C14H14N4O. The Kier molecular flexibility index (Phi) is 2.79. The first kappa shape index (κ1) is 11.5. The quantitative estimate of drug-likeness (QED) is 0.749. The molecule has 0 fully saturated rings. The van der Waals surface area contributed by atoms with E-state index in [4.69, 9.17) is 0 Å². The summed E-state index contributed by atoms with van der Waals surface area (Å²) in [6, 6.07) is 9.43. The molecule has 2 heterocycles. The van der Waals surface area contributed by atoms with E-state index in [9.17, 15) is 4.79 Å². The normalized spacial score (nSPS) is 10.8. The van der Waals surface area contributed by atoms with Crippen LogP contribution in [-0.2, 0) is 13.6 Å². The van der Waals surface area contributed by atoms with Gasteiger partial charge in [-0.3, -0.25) is 9.48 Å². The molecule has 96 valence electrons. The van der Waals surface area contributed by atoms with Crippen molar-refractivity contribution in [2.45, 2.75) is 6.54 Å². The van der Waals surface area contributed by atoms with Crippen molar-refractivity contribution in [3.05, 3.63) is 54.0 Å². The molecule has 1 aromatic carbocycles. The molecule has 2 aromatic heterocycles. The van der Waals surface area contributed by atoms with Gasteiger partial charge in [-0.25, -0.2) is 0 Å². The molecule has 3 rings (SSSR count). The van der Waals surface area contributed by atoms with Crippen molar-refractivity contribution in [2.24, 2.45) is 7.05 Å². The Morgan fingerprint density at radius 3 is 3.05 bits per heavy atom. The van der Waals surface area contributed by atoms with Crippen LogP contribution < -0.4 is 5.32 Å². The molecule has 1 amide bonds. The second kappa shape index (κ2) is 4.61. The zero-order chi connectivity index (χ0) is 13.2. The van der Waals surface area contributed by atoms with E-state index in [1.807, 2.05) is 49.8 Å². The maximum absolute atomic E-state index is 12.0. The third-order valence-electron chi connectivity index (χ3n) is 3.01. The number of aryl methyl sites for hydroxylation is 1. The first-order valence-corrected chi connectivity index (χ1v) is 6.06. The summed E-state index contributed by atoms with van der Waals surface area (Å²) in [5, 5.41) is 8.11. The van der Waals surface area contributed by atoms with Crippen LogP contribution in [0.5, 0.6) is 0 Å². The zero-order valence-corrected chi connectivity index (χ0v) is 10.6. The lowest BCUT2D eigenvalue weighted by atomic mass is 10.1. The summed E-state index contributed by atoms with van der Waals surface area (Å²) in [6.45, 7) is 0.435. The highest BCUT2D eigenvalue weighted by atomic mass is 16.1. The number of fused-ring (bicyclic) bond motifs is 1. The van der Waals surface area contributed by atoms with Gasteiger partial charge in [-0.1, -0.05) is 0 Å². The van der Waals surface area contributed by atoms with Crippen LogP contribution in [0.15, 0.2) is 42.7 Å². The monoisotopic (exact) mass is 254 g/mol. The molecule has 2 N–H and O–H groups in total. The predicted molar refractivity (Wildman–Crippen MR) is 72.7 cm³/mol. The van der Waals surface area contributed by atoms with Crippen molar-refractivity contribution in [1.29, 1.82) is 0 Å². The Morgan fingerprint density at radius 1 is 1.37 bits per heavy atom. The van der Waals surface area contributed by atoms with E-state index >= 15 is 0 Å². The minimum atomic E-state index is -0.0891. The number of carbonyl (C=O) groups is 1. The second-order valence-electron chi connectivity index (χ2n) is 4.44. The molecule has 5 heteroatoms. The molecule has 0 bridgehead atoms. The summed E-state index contributed by atoms with van der Waals surface area (Å²) in [5.74, 6) is -0.0891. The fourth-order valence-corrected chi connectivity index (χ4v) is 2.02. The highest BCUT2D eigenvalue weighted by Gasteiger charge is 2.07. The second-order valence-corrected chi connectivity index (χ2v) is 4.44. The topological polar surface area (TPSA) is 62.7 Å². The first-order chi connectivity index (χ1) is 9.22. The van der Waals surface area contributed by atoms with Crippen LogP contribution in [-0.4, -0.2) is 20.7 Å². The summed E-state index contributed by atoms with van der Waals surface area (Å²) in [6.07, 6.45) is 3.72. The Balaban J connectivity index is 1.72. The van der Waals surface area contributed by atoms with Gasteiger partial charge in [0.25, 0.3) is 5.91 Å². The van der Waals surface area contributed by atoms with Crippen LogP contribution in [0, 0.1) is 0 Å². The minimum absolute atomic E-state index is 0.0891. The number of nitrogens with one attached hydrogen (secondary N) is 2. The van der Waals surface area contributed by atoms with Gasteiger partial charge >= 0.3 is 0 Å².